The van der Waals surface area contributed by atoms with Crippen LogP contribution in [-0.2, 0) is 10.9 Å². The predicted molar refractivity (Wildman–Crippen MR) is 93.0 cm³/mol. The fraction of sp³-hybridized carbons (Fsp3) is 0.211. The van der Waals surface area contributed by atoms with Crippen molar-refractivity contribution in [3.8, 4) is 5.75 Å². The van der Waals surface area contributed by atoms with Crippen molar-refractivity contribution in [1.82, 2.24) is 0 Å². The summed E-state index contributed by atoms with van der Waals surface area (Å²) in [5, 5.41) is 3.14. The number of benzene rings is 2. The zero-order valence-corrected chi connectivity index (χ0v) is 14.3. The number of amides is 1. The van der Waals surface area contributed by atoms with E-state index < -0.39 is 17.6 Å². The summed E-state index contributed by atoms with van der Waals surface area (Å²) in [7, 11) is 1.47. The molecule has 0 atom stereocenters. The molecule has 0 saturated carbocycles. The minimum absolute atomic E-state index is 0.0172. The molecule has 0 aliphatic carbocycles. The zero-order valence-electron chi connectivity index (χ0n) is 14.3. The molecule has 0 spiro atoms. The molecule has 5 nitrogen and oxygen atoms in total. The zero-order chi connectivity index (χ0) is 19.4. The van der Waals surface area contributed by atoms with Gasteiger partial charge in [0.2, 0.25) is 0 Å². The van der Waals surface area contributed by atoms with Crippen LogP contribution in [0.4, 0.5) is 18.9 Å². The third-order valence-corrected chi connectivity index (χ3v) is 3.75. The van der Waals surface area contributed by atoms with Crippen LogP contribution in [0.2, 0.25) is 0 Å². The average molecular weight is 379 g/mol. The van der Waals surface area contributed by atoms with E-state index in [4.69, 9.17) is 13.9 Å². The first kappa shape index (κ1) is 18.8. The number of fused-ring (bicyclic) bond motifs is 1. The SMILES string of the molecule is COCCOc1ccc(C(F)(F)F)cc1NC(=O)c1cc2ccccc2o1. The van der Waals surface area contributed by atoms with Crippen LogP contribution in [-0.4, -0.2) is 26.2 Å². The average Bonchev–Trinajstić information content (AvgIpc) is 3.06. The predicted octanol–water partition coefficient (Wildman–Crippen LogP) is 4.73. The molecule has 27 heavy (non-hydrogen) atoms. The highest BCUT2D eigenvalue weighted by Crippen LogP contribution is 2.35. The summed E-state index contributed by atoms with van der Waals surface area (Å²) in [6, 6.07) is 11.4. The Hall–Kier alpha value is -3.00. The Morgan fingerprint density at radius 1 is 1.11 bits per heavy atom. The van der Waals surface area contributed by atoms with Gasteiger partial charge >= 0.3 is 6.18 Å². The fourth-order valence-electron chi connectivity index (χ4n) is 2.44. The minimum Gasteiger partial charge on any atom is -0.489 e. The Labute approximate surface area is 152 Å². The van der Waals surface area contributed by atoms with Crippen molar-refractivity contribution in [2.45, 2.75) is 6.18 Å². The number of hydrogen-bond acceptors (Lipinski definition) is 4. The largest absolute Gasteiger partial charge is 0.489 e. The van der Waals surface area contributed by atoms with Crippen LogP contribution in [0.25, 0.3) is 11.0 Å². The summed E-state index contributed by atoms with van der Waals surface area (Å²) in [4.78, 5) is 12.5. The number of halogens is 3. The number of alkyl halides is 3. The molecule has 0 unspecified atom stereocenters. The molecular formula is C19H16F3NO4. The van der Waals surface area contributed by atoms with E-state index in [9.17, 15) is 18.0 Å². The molecule has 142 valence electrons. The number of ether oxygens (including phenoxy) is 2. The normalized spacial score (nSPS) is 11.6. The second-order valence-electron chi connectivity index (χ2n) is 5.65. The van der Waals surface area contributed by atoms with Gasteiger partial charge in [0.15, 0.2) is 5.76 Å². The second kappa shape index (κ2) is 7.71. The van der Waals surface area contributed by atoms with E-state index in [1.165, 1.54) is 13.2 Å². The van der Waals surface area contributed by atoms with Crippen molar-refractivity contribution in [2.24, 2.45) is 0 Å². The summed E-state index contributed by atoms with van der Waals surface area (Å²) in [5.41, 5.74) is -0.504. The molecule has 1 N–H and O–H groups in total. The van der Waals surface area contributed by atoms with E-state index in [1.54, 1.807) is 24.3 Å². The number of rotatable bonds is 6. The first-order valence-corrected chi connectivity index (χ1v) is 8.01. The van der Waals surface area contributed by atoms with Gasteiger partial charge in [0.1, 0.15) is 17.9 Å². The maximum atomic E-state index is 13.0. The summed E-state index contributed by atoms with van der Waals surface area (Å²) in [5.74, 6) is -0.594. The Bertz CT molecular complexity index is 917. The van der Waals surface area contributed by atoms with Gasteiger partial charge in [-0.15, -0.1) is 0 Å². The molecular weight excluding hydrogens is 363 g/mol. The number of hydrogen-bond donors (Lipinski definition) is 1. The van der Waals surface area contributed by atoms with Crippen LogP contribution in [0.5, 0.6) is 5.75 Å². The number of para-hydroxylation sites is 1. The van der Waals surface area contributed by atoms with E-state index in [-0.39, 0.29) is 30.4 Å². The number of furan rings is 1. The van der Waals surface area contributed by atoms with Crippen molar-refractivity contribution in [3.63, 3.8) is 0 Å². The molecule has 2 aromatic carbocycles. The van der Waals surface area contributed by atoms with Crippen molar-refractivity contribution in [3.05, 3.63) is 59.9 Å². The first-order valence-electron chi connectivity index (χ1n) is 8.01. The molecule has 1 aromatic heterocycles. The third-order valence-electron chi connectivity index (χ3n) is 3.75. The Balaban J connectivity index is 1.88. The van der Waals surface area contributed by atoms with Gasteiger partial charge in [-0.2, -0.15) is 13.2 Å². The highest BCUT2D eigenvalue weighted by Gasteiger charge is 2.31. The van der Waals surface area contributed by atoms with E-state index in [2.05, 4.69) is 5.32 Å². The van der Waals surface area contributed by atoms with E-state index in [0.29, 0.717) is 11.0 Å². The van der Waals surface area contributed by atoms with Crippen molar-refractivity contribution >= 4 is 22.6 Å². The summed E-state index contributed by atoms with van der Waals surface area (Å²) < 4.78 is 54.7. The smallest absolute Gasteiger partial charge is 0.416 e. The van der Waals surface area contributed by atoms with Crippen molar-refractivity contribution in [2.75, 3.05) is 25.6 Å². The lowest BCUT2D eigenvalue weighted by Crippen LogP contribution is -2.15. The van der Waals surface area contributed by atoms with Gasteiger partial charge in [0, 0.05) is 12.5 Å². The molecule has 8 heteroatoms. The number of nitrogens with one attached hydrogen (secondary N) is 1. The molecule has 0 saturated heterocycles. The van der Waals surface area contributed by atoms with Gasteiger partial charge in [0.05, 0.1) is 17.9 Å². The van der Waals surface area contributed by atoms with Gasteiger partial charge in [0.25, 0.3) is 5.91 Å². The Morgan fingerprint density at radius 3 is 2.59 bits per heavy atom. The quantitative estimate of drug-likeness (QED) is 0.629. The summed E-state index contributed by atoms with van der Waals surface area (Å²) >= 11 is 0. The maximum Gasteiger partial charge on any atom is 0.416 e. The highest BCUT2D eigenvalue weighted by atomic mass is 19.4. The monoisotopic (exact) mass is 379 g/mol. The van der Waals surface area contributed by atoms with Crippen LogP contribution in [0.1, 0.15) is 16.1 Å². The maximum absolute atomic E-state index is 13.0. The molecule has 3 rings (SSSR count). The van der Waals surface area contributed by atoms with Crippen LogP contribution in [0, 0.1) is 0 Å². The fourth-order valence-corrected chi connectivity index (χ4v) is 2.44. The van der Waals surface area contributed by atoms with Crippen LogP contribution in [0.3, 0.4) is 0 Å². The number of carbonyl (C=O) groups excluding carboxylic acids is 1. The molecule has 0 fully saturated rings. The van der Waals surface area contributed by atoms with Gasteiger partial charge in [-0.1, -0.05) is 18.2 Å². The van der Waals surface area contributed by atoms with Gasteiger partial charge in [-0.25, -0.2) is 0 Å². The first-order chi connectivity index (χ1) is 12.9. The Morgan fingerprint density at radius 2 is 1.89 bits per heavy atom. The number of anilines is 1. The van der Waals surface area contributed by atoms with Crippen LogP contribution >= 0.6 is 0 Å². The molecule has 0 aliphatic rings. The highest BCUT2D eigenvalue weighted by molar-refractivity contribution is 6.05. The third kappa shape index (κ3) is 4.40. The Kier molecular flexibility index (Phi) is 5.36. The summed E-state index contributed by atoms with van der Waals surface area (Å²) in [6.45, 7) is 0.368. The van der Waals surface area contributed by atoms with Crippen LogP contribution in [0.15, 0.2) is 52.9 Å². The lowest BCUT2D eigenvalue weighted by Gasteiger charge is -2.14. The molecule has 0 radical (unpaired) electrons. The van der Waals surface area contributed by atoms with Gasteiger partial charge in [-0.05, 0) is 30.3 Å². The molecule has 1 heterocycles. The second-order valence-corrected chi connectivity index (χ2v) is 5.65. The lowest BCUT2D eigenvalue weighted by molar-refractivity contribution is -0.137. The molecule has 0 bridgehead atoms. The molecule has 0 aliphatic heterocycles. The molecule has 1 amide bonds. The van der Waals surface area contributed by atoms with Crippen molar-refractivity contribution < 1.29 is 31.9 Å². The van der Waals surface area contributed by atoms with Crippen molar-refractivity contribution in [1.29, 1.82) is 0 Å². The van der Waals surface area contributed by atoms with E-state index in [0.717, 1.165) is 18.2 Å². The number of methoxy groups -OCH3 is 1. The minimum atomic E-state index is -4.55. The number of carbonyl (C=O) groups is 1. The van der Waals surface area contributed by atoms with Gasteiger partial charge in [-0.3, -0.25) is 4.79 Å². The molecule has 3 aromatic rings. The topological polar surface area (TPSA) is 60.7 Å². The lowest BCUT2D eigenvalue weighted by atomic mass is 10.1. The summed E-state index contributed by atoms with van der Waals surface area (Å²) in [6.07, 6.45) is -4.55. The van der Waals surface area contributed by atoms with Gasteiger partial charge < -0.3 is 19.2 Å². The van der Waals surface area contributed by atoms with Crippen LogP contribution < -0.4 is 10.1 Å². The van der Waals surface area contributed by atoms with E-state index in [1.807, 2.05) is 0 Å². The van der Waals surface area contributed by atoms with E-state index >= 15 is 0 Å². The standard InChI is InChI=1S/C19H16F3NO4/c1-25-8-9-26-16-7-6-13(19(20,21)22)11-14(16)23-18(24)17-10-12-4-2-3-5-15(12)27-17/h2-7,10-11H,8-9H2,1H3,(H,23,24).